The molecule has 5 nitrogen and oxygen atoms in total. The van der Waals surface area contributed by atoms with Crippen LogP contribution in [-0.2, 0) is 22.7 Å². The third-order valence-corrected chi connectivity index (χ3v) is 5.18. The second-order valence-corrected chi connectivity index (χ2v) is 7.71. The smallest absolute Gasteiger partial charge is 0.319 e. The molecule has 29 heavy (non-hydrogen) atoms. The van der Waals surface area contributed by atoms with Crippen LogP contribution < -0.4 is 4.74 Å². The van der Waals surface area contributed by atoms with E-state index in [9.17, 15) is 4.79 Å². The number of pyridine rings is 1. The van der Waals surface area contributed by atoms with Crippen LogP contribution in [0.1, 0.15) is 23.6 Å². The highest BCUT2D eigenvalue weighted by Gasteiger charge is 2.16. The van der Waals surface area contributed by atoms with Gasteiger partial charge in [0.05, 0.1) is 11.6 Å². The zero-order valence-electron chi connectivity index (χ0n) is 15.9. The predicted octanol–water partition coefficient (Wildman–Crippen LogP) is 4.76. The number of hydrogen-bond acceptors (Lipinski definition) is 6. The molecule has 0 aliphatic heterocycles. The summed E-state index contributed by atoms with van der Waals surface area (Å²) >= 11 is 1.40. The number of thioether (sulfide) groups is 1. The van der Waals surface area contributed by atoms with Gasteiger partial charge in [-0.15, -0.1) is 11.8 Å². The lowest BCUT2D eigenvalue weighted by Crippen LogP contribution is -2.16. The summed E-state index contributed by atoms with van der Waals surface area (Å²) in [5.41, 5.74) is 2.54. The monoisotopic (exact) mass is 404 g/mol. The number of ether oxygens (including phenoxy) is 2. The van der Waals surface area contributed by atoms with Crippen molar-refractivity contribution in [2.45, 2.75) is 30.3 Å². The lowest BCUT2D eigenvalue weighted by molar-refractivity contribution is -0.143. The van der Waals surface area contributed by atoms with Gasteiger partial charge in [0.2, 0.25) is 0 Å². The van der Waals surface area contributed by atoms with Gasteiger partial charge in [-0.25, -0.2) is 0 Å². The van der Waals surface area contributed by atoms with E-state index in [0.29, 0.717) is 12.2 Å². The Morgan fingerprint density at radius 2 is 1.66 bits per heavy atom. The number of carbonyl (C=O) groups excluding carboxylic acids is 1. The minimum Gasteiger partial charge on any atom is -0.489 e. The Morgan fingerprint density at radius 3 is 2.31 bits per heavy atom. The van der Waals surface area contributed by atoms with Gasteiger partial charge in [-0.3, -0.25) is 9.78 Å². The van der Waals surface area contributed by atoms with E-state index in [1.165, 1.54) is 11.8 Å². The van der Waals surface area contributed by atoms with E-state index < -0.39 is 0 Å². The number of rotatable bonds is 8. The van der Waals surface area contributed by atoms with Crippen LogP contribution in [0.3, 0.4) is 0 Å². The Morgan fingerprint density at radius 1 is 1.00 bits per heavy atom. The largest absolute Gasteiger partial charge is 0.489 e. The van der Waals surface area contributed by atoms with E-state index in [1.54, 1.807) is 31.5 Å². The molecule has 1 unspecified atom stereocenters. The van der Waals surface area contributed by atoms with Crippen molar-refractivity contribution >= 4 is 17.7 Å². The molecule has 0 saturated heterocycles. The number of nitrogens with zero attached hydrogens (tertiary/aromatic N) is 2. The zero-order valence-corrected chi connectivity index (χ0v) is 16.8. The van der Waals surface area contributed by atoms with Crippen LogP contribution in [-0.4, -0.2) is 16.2 Å². The summed E-state index contributed by atoms with van der Waals surface area (Å²) in [7, 11) is 0. The van der Waals surface area contributed by atoms with Crippen LogP contribution in [0, 0.1) is 11.3 Å². The van der Waals surface area contributed by atoms with Crippen LogP contribution >= 0.6 is 11.8 Å². The number of benzene rings is 2. The van der Waals surface area contributed by atoms with Gasteiger partial charge in [-0.1, -0.05) is 12.1 Å². The van der Waals surface area contributed by atoms with Crippen molar-refractivity contribution in [1.29, 1.82) is 5.26 Å². The summed E-state index contributed by atoms with van der Waals surface area (Å²) in [5.74, 6) is 0.471. The lowest BCUT2D eigenvalue weighted by Gasteiger charge is -2.12. The fourth-order valence-corrected chi connectivity index (χ4v) is 3.33. The fraction of sp³-hybridized carbons (Fsp3) is 0.174. The van der Waals surface area contributed by atoms with E-state index in [-0.39, 0.29) is 17.8 Å². The van der Waals surface area contributed by atoms with E-state index in [4.69, 9.17) is 14.7 Å². The summed E-state index contributed by atoms with van der Waals surface area (Å²) < 4.78 is 11.2. The van der Waals surface area contributed by atoms with E-state index in [2.05, 4.69) is 11.1 Å². The van der Waals surface area contributed by atoms with Crippen molar-refractivity contribution < 1.29 is 14.3 Å². The van der Waals surface area contributed by atoms with Crippen LogP contribution in [0.5, 0.6) is 5.75 Å². The lowest BCUT2D eigenvalue weighted by atomic mass is 10.2. The molecule has 1 heterocycles. The summed E-state index contributed by atoms with van der Waals surface area (Å²) in [6.07, 6.45) is 3.47. The van der Waals surface area contributed by atoms with Gasteiger partial charge in [0.1, 0.15) is 24.2 Å². The molecular weight excluding hydrogens is 384 g/mol. The van der Waals surface area contributed by atoms with Crippen molar-refractivity contribution in [2.24, 2.45) is 0 Å². The van der Waals surface area contributed by atoms with Crippen LogP contribution in [0.25, 0.3) is 0 Å². The van der Waals surface area contributed by atoms with Crippen molar-refractivity contribution in [3.63, 3.8) is 0 Å². The highest BCUT2D eigenvalue weighted by atomic mass is 32.2. The number of aromatic nitrogens is 1. The molecule has 3 aromatic rings. The number of hydrogen-bond donors (Lipinski definition) is 0. The maximum absolute atomic E-state index is 12.2. The Labute approximate surface area is 174 Å². The van der Waals surface area contributed by atoms with Gasteiger partial charge >= 0.3 is 5.97 Å². The molecular formula is C23H20N2O3S. The third kappa shape index (κ3) is 6.37. The highest BCUT2D eigenvalue weighted by molar-refractivity contribution is 8.00. The first kappa shape index (κ1) is 20.4. The molecule has 0 amide bonds. The maximum Gasteiger partial charge on any atom is 0.319 e. The molecule has 0 radical (unpaired) electrons. The van der Waals surface area contributed by atoms with E-state index >= 15 is 0 Å². The molecule has 0 aliphatic carbocycles. The molecule has 1 atom stereocenters. The number of nitriles is 1. The molecule has 0 spiro atoms. The first-order valence-corrected chi connectivity index (χ1v) is 9.96. The van der Waals surface area contributed by atoms with Gasteiger partial charge in [0, 0.05) is 17.3 Å². The Kier molecular flexibility index (Phi) is 7.26. The third-order valence-electron chi connectivity index (χ3n) is 4.09. The van der Waals surface area contributed by atoms with Gasteiger partial charge in [-0.2, -0.15) is 5.26 Å². The minimum absolute atomic E-state index is 0.210. The molecule has 0 bridgehead atoms. The predicted molar refractivity (Wildman–Crippen MR) is 111 cm³/mol. The average molecular weight is 404 g/mol. The van der Waals surface area contributed by atoms with E-state index in [0.717, 1.165) is 21.8 Å². The minimum atomic E-state index is -0.342. The number of carbonyl (C=O) groups is 1. The summed E-state index contributed by atoms with van der Waals surface area (Å²) in [6.45, 7) is 2.49. The summed E-state index contributed by atoms with van der Waals surface area (Å²) in [6, 6.07) is 20.5. The SMILES string of the molecule is CC(Sc1ccc(C#N)cc1)C(=O)OCc1ccc(OCc2ccncc2)cc1. The quantitative estimate of drug-likeness (QED) is 0.398. The van der Waals surface area contributed by atoms with Gasteiger partial charge in [-0.05, 0) is 66.6 Å². The Balaban J connectivity index is 1.44. The van der Waals surface area contributed by atoms with Crippen molar-refractivity contribution in [2.75, 3.05) is 0 Å². The van der Waals surface area contributed by atoms with Crippen molar-refractivity contribution in [3.05, 3.63) is 89.7 Å². The van der Waals surface area contributed by atoms with Crippen LogP contribution in [0.2, 0.25) is 0 Å². The average Bonchev–Trinajstić information content (AvgIpc) is 2.78. The second kappa shape index (κ2) is 10.3. The molecule has 0 saturated carbocycles. The molecule has 0 N–H and O–H groups in total. The molecule has 146 valence electrons. The standard InChI is InChI=1S/C23H20N2O3S/c1-17(29-22-8-4-18(14-24)5-9-22)23(26)28-16-19-2-6-21(7-3-19)27-15-20-10-12-25-13-11-20/h2-13,17H,15-16H2,1H3. The van der Waals surface area contributed by atoms with Crippen LogP contribution in [0.15, 0.2) is 78.0 Å². The molecule has 0 fully saturated rings. The number of esters is 1. The van der Waals surface area contributed by atoms with E-state index in [1.807, 2.05) is 48.5 Å². The molecule has 1 aromatic heterocycles. The van der Waals surface area contributed by atoms with Crippen molar-refractivity contribution in [3.8, 4) is 11.8 Å². The zero-order chi connectivity index (χ0) is 20.5. The molecule has 6 heteroatoms. The highest BCUT2D eigenvalue weighted by Crippen LogP contribution is 2.24. The summed E-state index contributed by atoms with van der Waals surface area (Å²) in [4.78, 5) is 17.1. The summed E-state index contributed by atoms with van der Waals surface area (Å²) in [5, 5.41) is 8.49. The second-order valence-electron chi connectivity index (χ2n) is 6.29. The first-order chi connectivity index (χ1) is 14.1. The Bertz CT molecular complexity index is 968. The fourth-order valence-electron chi connectivity index (χ4n) is 2.46. The van der Waals surface area contributed by atoms with Gasteiger partial charge in [0.25, 0.3) is 0 Å². The Hall–Kier alpha value is -3.30. The molecule has 2 aromatic carbocycles. The normalized spacial score (nSPS) is 11.3. The maximum atomic E-state index is 12.2. The first-order valence-electron chi connectivity index (χ1n) is 9.08. The molecule has 0 aliphatic rings. The van der Waals surface area contributed by atoms with Crippen molar-refractivity contribution in [1.82, 2.24) is 4.98 Å². The van der Waals surface area contributed by atoms with Crippen LogP contribution in [0.4, 0.5) is 0 Å². The van der Waals surface area contributed by atoms with Gasteiger partial charge in [0.15, 0.2) is 0 Å². The molecule has 3 rings (SSSR count). The topological polar surface area (TPSA) is 72.2 Å². The van der Waals surface area contributed by atoms with Gasteiger partial charge < -0.3 is 9.47 Å².